The van der Waals surface area contributed by atoms with Crippen molar-refractivity contribution in [3.8, 4) is 0 Å². The molecule has 2 nitrogen and oxygen atoms in total. The number of benzene rings is 4. The summed E-state index contributed by atoms with van der Waals surface area (Å²) < 4.78 is 0. The smallest absolute Gasteiger partial charge is 0.0487 e. The second kappa shape index (κ2) is 6.11. The van der Waals surface area contributed by atoms with Crippen LogP contribution in [-0.4, -0.2) is 0 Å². The van der Waals surface area contributed by atoms with E-state index in [0.29, 0.717) is 0 Å². The summed E-state index contributed by atoms with van der Waals surface area (Å²) in [5.41, 5.74) is 8.94. The van der Waals surface area contributed by atoms with E-state index in [-0.39, 0.29) is 0 Å². The number of fused-ring (bicyclic) bond motifs is 3. The minimum atomic E-state index is 0.764. The Bertz CT molecular complexity index is 945. The highest BCUT2D eigenvalue weighted by molar-refractivity contribution is 6.09. The fourth-order valence-corrected chi connectivity index (χ4v) is 3.05. The second-order valence-electron chi connectivity index (χ2n) is 5.65. The van der Waals surface area contributed by atoms with Gasteiger partial charge in [-0.05, 0) is 39.2 Å². The van der Waals surface area contributed by atoms with E-state index in [1.165, 1.54) is 27.1 Å². The first-order chi connectivity index (χ1) is 11.4. The topological polar surface area (TPSA) is 24.1 Å². The molecule has 0 aliphatic carbocycles. The average molecular weight is 298 g/mol. The van der Waals surface area contributed by atoms with Gasteiger partial charge in [-0.15, -0.1) is 0 Å². The van der Waals surface area contributed by atoms with Crippen LogP contribution in [0.1, 0.15) is 5.56 Å². The van der Waals surface area contributed by atoms with Gasteiger partial charge in [-0.3, -0.25) is 0 Å². The van der Waals surface area contributed by atoms with Crippen LogP contribution in [0.2, 0.25) is 0 Å². The van der Waals surface area contributed by atoms with E-state index in [1.807, 2.05) is 30.3 Å². The van der Waals surface area contributed by atoms with Crippen molar-refractivity contribution >= 4 is 27.2 Å². The molecular formula is C21H18N2. The highest BCUT2D eigenvalue weighted by Gasteiger charge is 2.05. The minimum absolute atomic E-state index is 0.764. The van der Waals surface area contributed by atoms with Gasteiger partial charge in [0.1, 0.15) is 0 Å². The first kappa shape index (κ1) is 13.8. The van der Waals surface area contributed by atoms with Gasteiger partial charge in [0.15, 0.2) is 0 Å². The molecule has 4 rings (SSSR count). The average Bonchev–Trinajstić information content (AvgIpc) is 2.62. The summed E-state index contributed by atoms with van der Waals surface area (Å²) in [5, 5.41) is 5.20. The third kappa shape index (κ3) is 2.77. The summed E-state index contributed by atoms with van der Waals surface area (Å²) in [6, 6.07) is 29.6. The molecule has 0 heterocycles. The van der Waals surface area contributed by atoms with Gasteiger partial charge in [-0.25, -0.2) is 5.43 Å². The zero-order chi connectivity index (χ0) is 15.5. The maximum atomic E-state index is 3.32. The third-order valence-corrected chi connectivity index (χ3v) is 4.14. The molecule has 0 spiro atoms. The molecule has 0 radical (unpaired) electrons. The summed E-state index contributed by atoms with van der Waals surface area (Å²) in [6.07, 6.45) is 0. The summed E-state index contributed by atoms with van der Waals surface area (Å²) in [4.78, 5) is 0. The van der Waals surface area contributed by atoms with Crippen LogP contribution in [0.25, 0.3) is 21.5 Å². The van der Waals surface area contributed by atoms with E-state index >= 15 is 0 Å². The van der Waals surface area contributed by atoms with Crippen LogP contribution < -0.4 is 10.9 Å². The highest BCUT2D eigenvalue weighted by atomic mass is 15.3. The second-order valence-corrected chi connectivity index (χ2v) is 5.65. The SMILES string of the molecule is c1ccc(NNCc2cccc3ccc4ccccc4c23)cc1. The zero-order valence-corrected chi connectivity index (χ0v) is 12.8. The third-order valence-electron chi connectivity index (χ3n) is 4.14. The van der Waals surface area contributed by atoms with Crippen LogP contribution >= 0.6 is 0 Å². The Morgan fingerprint density at radius 2 is 1.35 bits per heavy atom. The van der Waals surface area contributed by atoms with Crippen molar-refractivity contribution in [2.45, 2.75) is 6.54 Å². The number of para-hydroxylation sites is 1. The number of hydrogen-bond acceptors (Lipinski definition) is 2. The van der Waals surface area contributed by atoms with Gasteiger partial charge in [-0.1, -0.05) is 72.8 Å². The maximum Gasteiger partial charge on any atom is 0.0487 e. The first-order valence-electron chi connectivity index (χ1n) is 7.85. The summed E-state index contributed by atoms with van der Waals surface area (Å²) in [5.74, 6) is 0. The molecule has 112 valence electrons. The van der Waals surface area contributed by atoms with Gasteiger partial charge in [0.2, 0.25) is 0 Å². The molecule has 0 aliphatic rings. The molecule has 4 aromatic carbocycles. The van der Waals surface area contributed by atoms with Gasteiger partial charge in [0.25, 0.3) is 0 Å². The molecule has 0 unspecified atom stereocenters. The molecule has 0 saturated carbocycles. The van der Waals surface area contributed by atoms with Crippen LogP contribution in [-0.2, 0) is 6.54 Å². The van der Waals surface area contributed by atoms with Crippen LogP contribution in [0.4, 0.5) is 5.69 Å². The quantitative estimate of drug-likeness (QED) is 0.404. The Morgan fingerprint density at radius 1 is 0.609 bits per heavy atom. The molecule has 0 aromatic heterocycles. The van der Waals surface area contributed by atoms with Gasteiger partial charge >= 0.3 is 0 Å². The van der Waals surface area contributed by atoms with E-state index in [1.54, 1.807) is 0 Å². The van der Waals surface area contributed by atoms with Crippen molar-refractivity contribution < 1.29 is 0 Å². The molecule has 2 heteroatoms. The fourth-order valence-electron chi connectivity index (χ4n) is 3.05. The minimum Gasteiger partial charge on any atom is -0.321 e. The van der Waals surface area contributed by atoms with Crippen molar-refractivity contribution in [2.75, 3.05) is 5.43 Å². The lowest BCUT2D eigenvalue weighted by atomic mass is 9.98. The van der Waals surface area contributed by atoms with Gasteiger partial charge < -0.3 is 5.43 Å². The summed E-state index contributed by atoms with van der Waals surface area (Å²) in [7, 11) is 0. The Morgan fingerprint density at radius 3 is 2.26 bits per heavy atom. The highest BCUT2D eigenvalue weighted by Crippen LogP contribution is 2.28. The molecule has 23 heavy (non-hydrogen) atoms. The maximum absolute atomic E-state index is 3.32. The molecule has 4 aromatic rings. The lowest BCUT2D eigenvalue weighted by molar-refractivity contribution is 0.807. The Hall–Kier alpha value is -2.84. The molecule has 0 bridgehead atoms. The standard InChI is InChI=1S/C21H18N2/c1-2-10-19(11-3-1)23-22-15-18-9-6-8-17-14-13-16-7-4-5-12-20(16)21(17)18/h1-14,22-23H,15H2. The normalized spacial score (nSPS) is 11.0. The van der Waals surface area contributed by atoms with E-state index in [0.717, 1.165) is 12.2 Å². The number of hydrazine groups is 1. The molecule has 2 N–H and O–H groups in total. The largest absolute Gasteiger partial charge is 0.321 e. The van der Waals surface area contributed by atoms with E-state index in [9.17, 15) is 0 Å². The van der Waals surface area contributed by atoms with Crippen LogP contribution in [0.3, 0.4) is 0 Å². The number of anilines is 1. The summed E-state index contributed by atoms with van der Waals surface area (Å²) >= 11 is 0. The Labute approximate surface area is 135 Å². The molecule has 0 fully saturated rings. The summed E-state index contributed by atoms with van der Waals surface area (Å²) in [6.45, 7) is 0.764. The fraction of sp³-hybridized carbons (Fsp3) is 0.0476. The van der Waals surface area contributed by atoms with Gasteiger partial charge in [0, 0.05) is 12.2 Å². The van der Waals surface area contributed by atoms with Crippen LogP contribution in [0.5, 0.6) is 0 Å². The van der Waals surface area contributed by atoms with Crippen LogP contribution in [0, 0.1) is 0 Å². The van der Waals surface area contributed by atoms with E-state index in [4.69, 9.17) is 0 Å². The number of nitrogens with one attached hydrogen (secondary N) is 2. The monoisotopic (exact) mass is 298 g/mol. The zero-order valence-electron chi connectivity index (χ0n) is 12.8. The lowest BCUT2D eigenvalue weighted by Gasteiger charge is -2.12. The van der Waals surface area contributed by atoms with Crippen molar-refractivity contribution in [2.24, 2.45) is 0 Å². The lowest BCUT2D eigenvalue weighted by Crippen LogP contribution is -2.20. The van der Waals surface area contributed by atoms with Crippen LogP contribution in [0.15, 0.2) is 84.9 Å². The number of hydrogen-bond donors (Lipinski definition) is 2. The first-order valence-corrected chi connectivity index (χ1v) is 7.85. The predicted octanol–water partition coefficient (Wildman–Crippen LogP) is 5.11. The Kier molecular flexibility index (Phi) is 3.66. The van der Waals surface area contributed by atoms with Gasteiger partial charge in [0.05, 0.1) is 0 Å². The van der Waals surface area contributed by atoms with E-state index < -0.39 is 0 Å². The predicted molar refractivity (Wildman–Crippen MR) is 98.4 cm³/mol. The van der Waals surface area contributed by atoms with E-state index in [2.05, 4.69) is 65.4 Å². The van der Waals surface area contributed by atoms with Crippen molar-refractivity contribution in [3.63, 3.8) is 0 Å². The molecule has 0 aliphatic heterocycles. The van der Waals surface area contributed by atoms with Crippen molar-refractivity contribution in [1.82, 2.24) is 5.43 Å². The molecule has 0 atom stereocenters. The molecule has 0 amide bonds. The van der Waals surface area contributed by atoms with Crippen molar-refractivity contribution in [3.05, 3.63) is 90.5 Å². The molecular weight excluding hydrogens is 280 g/mol. The Balaban J connectivity index is 1.68. The molecule has 0 saturated heterocycles. The van der Waals surface area contributed by atoms with Gasteiger partial charge in [-0.2, -0.15) is 0 Å². The van der Waals surface area contributed by atoms with Crippen molar-refractivity contribution in [1.29, 1.82) is 0 Å². The number of rotatable bonds is 4.